The molecule has 5 rings (SSSR count). The number of aryl methyl sites for hydroxylation is 2. The van der Waals surface area contributed by atoms with E-state index in [0.29, 0.717) is 11.6 Å². The minimum absolute atomic E-state index is 0. The number of fused-ring (bicyclic) bond motifs is 1. The number of hydrogen-bond donors (Lipinski definition) is 2. The minimum Gasteiger partial charge on any atom is -0.361 e. The van der Waals surface area contributed by atoms with Gasteiger partial charge in [0.2, 0.25) is 5.95 Å². The van der Waals surface area contributed by atoms with Crippen molar-refractivity contribution in [3.63, 3.8) is 0 Å². The number of aromatic nitrogens is 3. The first-order chi connectivity index (χ1) is 15.9. The summed E-state index contributed by atoms with van der Waals surface area (Å²) in [4.78, 5) is 10.8. The molecule has 2 N–H and O–H groups in total. The van der Waals surface area contributed by atoms with Crippen molar-refractivity contribution in [1.29, 1.82) is 5.26 Å². The summed E-state index contributed by atoms with van der Waals surface area (Å²) in [6, 6.07) is 12.8. The first kappa shape index (κ1) is 23.5. The van der Waals surface area contributed by atoms with Crippen LogP contribution in [0.15, 0.2) is 34.9 Å². The fourth-order valence-electron chi connectivity index (χ4n) is 4.83. The number of likely N-dealkylation sites (tertiary alicyclic amines) is 1. The van der Waals surface area contributed by atoms with Crippen LogP contribution in [0.5, 0.6) is 0 Å². The number of H-pyrrole nitrogens is 1. The van der Waals surface area contributed by atoms with Gasteiger partial charge in [0.1, 0.15) is 5.76 Å². The van der Waals surface area contributed by atoms with Crippen LogP contribution in [0.3, 0.4) is 0 Å². The van der Waals surface area contributed by atoms with E-state index >= 15 is 0 Å². The smallest absolute Gasteiger partial charge is 0.201 e. The SMILES string of the molecule is C.Cc1noc(C)c1-c1cc(-c2cccc(C#N)c2C)c2nc(NC3CCN(C)CC3)[nH]c2c1. The second-order valence-corrected chi connectivity index (χ2v) is 9.02. The lowest BCUT2D eigenvalue weighted by Gasteiger charge is -2.29. The second-order valence-electron chi connectivity index (χ2n) is 9.02. The molecule has 1 aliphatic rings. The van der Waals surface area contributed by atoms with E-state index in [1.54, 1.807) is 0 Å². The molecule has 1 aliphatic heterocycles. The summed E-state index contributed by atoms with van der Waals surface area (Å²) >= 11 is 0. The molecule has 3 heterocycles. The molecule has 0 radical (unpaired) electrons. The average Bonchev–Trinajstić information content (AvgIpc) is 3.36. The molecule has 0 spiro atoms. The van der Waals surface area contributed by atoms with Gasteiger partial charge >= 0.3 is 0 Å². The molecule has 2 aromatic heterocycles. The predicted octanol–water partition coefficient (Wildman–Crippen LogP) is 5.82. The Labute approximate surface area is 200 Å². The fraction of sp³-hybridized carbons (Fsp3) is 0.370. The van der Waals surface area contributed by atoms with Gasteiger partial charge in [-0.05, 0) is 88.6 Å². The largest absolute Gasteiger partial charge is 0.361 e. The standard InChI is InChI=1S/C26H28N6O.CH4/c1-15-18(14-27)6-5-7-21(15)22-12-19(24-16(2)31-33-17(24)3)13-23-25(22)30-26(29-23)28-20-8-10-32(4)11-9-20;/h5-7,12-13,20H,8-11H2,1-4H3,(H2,28,29,30);1H4. The van der Waals surface area contributed by atoms with E-state index in [-0.39, 0.29) is 7.43 Å². The van der Waals surface area contributed by atoms with Crippen molar-refractivity contribution in [2.45, 2.75) is 47.1 Å². The molecule has 7 heteroatoms. The fourth-order valence-corrected chi connectivity index (χ4v) is 4.83. The molecule has 0 amide bonds. The Morgan fingerprint density at radius 1 is 1.15 bits per heavy atom. The summed E-state index contributed by atoms with van der Waals surface area (Å²) in [5.74, 6) is 1.57. The lowest BCUT2D eigenvalue weighted by Crippen LogP contribution is -2.36. The van der Waals surface area contributed by atoms with E-state index in [9.17, 15) is 5.26 Å². The predicted molar refractivity (Wildman–Crippen MR) is 137 cm³/mol. The zero-order valence-corrected chi connectivity index (χ0v) is 19.5. The third-order valence-corrected chi connectivity index (χ3v) is 6.71. The number of nitriles is 1. The van der Waals surface area contributed by atoms with Gasteiger partial charge in [-0.3, -0.25) is 0 Å². The number of nitrogens with one attached hydrogen (secondary N) is 2. The van der Waals surface area contributed by atoms with Gasteiger partial charge in [0.25, 0.3) is 0 Å². The van der Waals surface area contributed by atoms with Crippen LogP contribution in [0, 0.1) is 32.1 Å². The molecular weight excluding hydrogens is 424 g/mol. The summed E-state index contributed by atoms with van der Waals surface area (Å²) in [6.45, 7) is 8.05. The molecule has 0 unspecified atom stereocenters. The zero-order chi connectivity index (χ0) is 23.1. The van der Waals surface area contributed by atoms with E-state index in [2.05, 4.69) is 51.7 Å². The summed E-state index contributed by atoms with van der Waals surface area (Å²) in [7, 11) is 2.16. The normalized spacial score (nSPS) is 14.7. The zero-order valence-electron chi connectivity index (χ0n) is 19.5. The molecular formula is C27H32N6O. The van der Waals surface area contributed by atoms with Crippen LogP contribution in [-0.4, -0.2) is 46.2 Å². The Morgan fingerprint density at radius 2 is 1.91 bits per heavy atom. The molecule has 176 valence electrons. The number of benzene rings is 2. The Morgan fingerprint density at radius 3 is 2.59 bits per heavy atom. The van der Waals surface area contributed by atoms with Crippen LogP contribution in [0.2, 0.25) is 0 Å². The Balaban J connectivity index is 0.00000274. The van der Waals surface area contributed by atoms with Gasteiger partial charge in [-0.25, -0.2) is 4.98 Å². The number of hydrogen-bond acceptors (Lipinski definition) is 6. The maximum Gasteiger partial charge on any atom is 0.201 e. The maximum absolute atomic E-state index is 9.58. The summed E-state index contributed by atoms with van der Waals surface area (Å²) in [6.07, 6.45) is 2.18. The highest BCUT2D eigenvalue weighted by Crippen LogP contribution is 2.38. The van der Waals surface area contributed by atoms with Crippen molar-refractivity contribution in [2.24, 2.45) is 0 Å². The van der Waals surface area contributed by atoms with Gasteiger partial charge in [-0.2, -0.15) is 5.26 Å². The molecule has 0 bridgehead atoms. The van der Waals surface area contributed by atoms with Crippen LogP contribution in [0.1, 0.15) is 42.8 Å². The molecule has 0 saturated carbocycles. The molecule has 0 aliphatic carbocycles. The van der Waals surface area contributed by atoms with E-state index in [4.69, 9.17) is 9.51 Å². The summed E-state index contributed by atoms with van der Waals surface area (Å²) in [5, 5.41) is 17.3. The van der Waals surface area contributed by atoms with Gasteiger partial charge < -0.3 is 19.7 Å². The van der Waals surface area contributed by atoms with Crippen LogP contribution in [0.4, 0.5) is 5.95 Å². The monoisotopic (exact) mass is 456 g/mol. The number of nitrogens with zero attached hydrogens (tertiary/aromatic N) is 4. The van der Waals surface area contributed by atoms with Gasteiger partial charge in [0.05, 0.1) is 28.4 Å². The highest BCUT2D eigenvalue weighted by atomic mass is 16.5. The van der Waals surface area contributed by atoms with Crippen LogP contribution in [0.25, 0.3) is 33.3 Å². The van der Waals surface area contributed by atoms with Crippen molar-refractivity contribution >= 4 is 17.0 Å². The lowest BCUT2D eigenvalue weighted by molar-refractivity contribution is 0.263. The third kappa shape index (κ3) is 4.17. The molecule has 0 atom stereocenters. The number of aromatic amines is 1. The summed E-state index contributed by atoms with van der Waals surface area (Å²) in [5.41, 5.74) is 8.31. The van der Waals surface area contributed by atoms with Crippen LogP contribution in [-0.2, 0) is 0 Å². The number of piperidine rings is 1. The number of imidazole rings is 1. The first-order valence-electron chi connectivity index (χ1n) is 11.4. The van der Waals surface area contributed by atoms with Crippen molar-refractivity contribution in [1.82, 2.24) is 20.0 Å². The van der Waals surface area contributed by atoms with E-state index < -0.39 is 0 Å². The minimum atomic E-state index is 0. The average molecular weight is 457 g/mol. The highest BCUT2D eigenvalue weighted by molar-refractivity contribution is 5.98. The Kier molecular flexibility index (Phi) is 6.45. The van der Waals surface area contributed by atoms with Crippen molar-refractivity contribution in [3.05, 3.63) is 52.9 Å². The summed E-state index contributed by atoms with van der Waals surface area (Å²) < 4.78 is 5.45. The van der Waals surface area contributed by atoms with Gasteiger partial charge in [-0.15, -0.1) is 0 Å². The van der Waals surface area contributed by atoms with Crippen LogP contribution < -0.4 is 5.32 Å². The first-order valence-corrected chi connectivity index (χ1v) is 11.4. The second kappa shape index (κ2) is 9.32. The van der Waals surface area contributed by atoms with Crippen molar-refractivity contribution in [3.8, 4) is 28.3 Å². The van der Waals surface area contributed by atoms with E-state index in [0.717, 1.165) is 82.2 Å². The maximum atomic E-state index is 9.58. The quantitative estimate of drug-likeness (QED) is 0.402. The molecule has 4 aromatic rings. The van der Waals surface area contributed by atoms with Gasteiger partial charge in [0.15, 0.2) is 0 Å². The number of rotatable bonds is 4. The topological polar surface area (TPSA) is 93.8 Å². The van der Waals surface area contributed by atoms with Crippen LogP contribution >= 0.6 is 0 Å². The lowest BCUT2D eigenvalue weighted by atomic mass is 9.92. The molecule has 7 nitrogen and oxygen atoms in total. The molecule has 1 fully saturated rings. The van der Waals surface area contributed by atoms with E-state index in [1.807, 2.05) is 32.9 Å². The number of anilines is 1. The molecule has 1 saturated heterocycles. The third-order valence-electron chi connectivity index (χ3n) is 6.71. The molecule has 2 aromatic carbocycles. The Hall–Kier alpha value is -3.63. The van der Waals surface area contributed by atoms with Crippen molar-refractivity contribution < 1.29 is 4.52 Å². The Bertz CT molecular complexity index is 1350. The van der Waals surface area contributed by atoms with E-state index in [1.165, 1.54) is 0 Å². The highest BCUT2D eigenvalue weighted by Gasteiger charge is 2.21. The van der Waals surface area contributed by atoms with Gasteiger partial charge in [0, 0.05) is 17.2 Å². The molecule has 34 heavy (non-hydrogen) atoms. The van der Waals surface area contributed by atoms with Gasteiger partial charge in [-0.1, -0.05) is 24.7 Å². The van der Waals surface area contributed by atoms with Crippen molar-refractivity contribution in [2.75, 3.05) is 25.5 Å².